The quantitative estimate of drug-likeness (QED) is 0.553. The van der Waals surface area contributed by atoms with Gasteiger partial charge in [-0.3, -0.25) is 14.4 Å². The van der Waals surface area contributed by atoms with Crippen molar-refractivity contribution in [3.8, 4) is 0 Å². The lowest BCUT2D eigenvalue weighted by Crippen LogP contribution is -2.41. The predicted octanol–water partition coefficient (Wildman–Crippen LogP) is 2.68. The average molecular weight is 430 g/mol. The summed E-state index contributed by atoms with van der Waals surface area (Å²) in [5.41, 5.74) is 1.50. The van der Waals surface area contributed by atoms with Gasteiger partial charge in [-0.2, -0.15) is 0 Å². The summed E-state index contributed by atoms with van der Waals surface area (Å²) < 4.78 is 15.3. The molecular weight excluding hydrogens is 404 g/mol. The molecule has 0 aromatic carbocycles. The van der Waals surface area contributed by atoms with Crippen molar-refractivity contribution >= 4 is 23.6 Å². The summed E-state index contributed by atoms with van der Waals surface area (Å²) in [6, 6.07) is 3.25. The lowest BCUT2D eigenvalue weighted by molar-refractivity contribution is -0.152. The van der Waals surface area contributed by atoms with Crippen molar-refractivity contribution in [3.63, 3.8) is 0 Å². The Bertz CT molecular complexity index is 982. The molecule has 3 rings (SSSR count). The second-order valence-electron chi connectivity index (χ2n) is 7.60. The third-order valence-electron chi connectivity index (χ3n) is 5.58. The van der Waals surface area contributed by atoms with Gasteiger partial charge >= 0.3 is 11.9 Å². The molecule has 0 bridgehead atoms. The molecule has 1 aliphatic heterocycles. The molecule has 1 saturated heterocycles. The monoisotopic (exact) mass is 430 g/mol. The van der Waals surface area contributed by atoms with E-state index in [1.54, 1.807) is 30.9 Å². The topological polar surface area (TPSA) is 119 Å². The first-order chi connectivity index (χ1) is 14.7. The number of H-pyrrole nitrogens is 1. The molecule has 1 aliphatic rings. The highest BCUT2D eigenvalue weighted by atomic mass is 16.5. The standard InChI is InChI=1S/C22H26N2O7/c1-12-17(22(28)29-4)13(2)23-18(12)19(25)14(3)31-21(27)15-7-9-24(10-8-15)20(26)16-6-5-11-30-16/h5-6,11,14-15,23H,7-10H2,1-4H3. The van der Waals surface area contributed by atoms with Crippen molar-refractivity contribution in [1.29, 1.82) is 0 Å². The number of esters is 2. The Morgan fingerprint density at radius 1 is 1.19 bits per heavy atom. The zero-order valence-corrected chi connectivity index (χ0v) is 18.0. The smallest absolute Gasteiger partial charge is 0.339 e. The average Bonchev–Trinajstić information content (AvgIpc) is 3.40. The van der Waals surface area contributed by atoms with E-state index in [1.807, 2.05) is 0 Å². The number of aryl methyl sites for hydroxylation is 1. The molecule has 0 spiro atoms. The van der Waals surface area contributed by atoms with Crippen LogP contribution in [-0.4, -0.2) is 59.8 Å². The molecule has 2 aromatic heterocycles. The van der Waals surface area contributed by atoms with Crippen LogP contribution in [0.25, 0.3) is 0 Å². The van der Waals surface area contributed by atoms with E-state index in [-0.39, 0.29) is 17.4 Å². The lowest BCUT2D eigenvalue weighted by Gasteiger charge is -2.30. The Balaban J connectivity index is 1.58. The van der Waals surface area contributed by atoms with Crippen LogP contribution in [0.5, 0.6) is 0 Å². The van der Waals surface area contributed by atoms with E-state index >= 15 is 0 Å². The number of Topliss-reactive ketones (excluding diaryl/α,β-unsaturated/α-hetero) is 1. The number of nitrogens with zero attached hydrogens (tertiary/aromatic N) is 1. The van der Waals surface area contributed by atoms with Gasteiger partial charge < -0.3 is 23.8 Å². The van der Waals surface area contributed by atoms with Gasteiger partial charge in [0.25, 0.3) is 5.91 Å². The summed E-state index contributed by atoms with van der Waals surface area (Å²) >= 11 is 0. The Hall–Kier alpha value is -3.36. The highest BCUT2D eigenvalue weighted by Gasteiger charge is 2.33. The molecule has 0 radical (unpaired) electrons. The summed E-state index contributed by atoms with van der Waals surface area (Å²) in [4.78, 5) is 54.2. The van der Waals surface area contributed by atoms with E-state index in [2.05, 4.69) is 4.98 Å². The van der Waals surface area contributed by atoms with Crippen molar-refractivity contribution in [1.82, 2.24) is 9.88 Å². The van der Waals surface area contributed by atoms with Crippen molar-refractivity contribution in [2.75, 3.05) is 20.2 Å². The fourth-order valence-electron chi connectivity index (χ4n) is 3.81. The summed E-state index contributed by atoms with van der Waals surface area (Å²) in [6.07, 6.45) is 1.31. The minimum absolute atomic E-state index is 0.209. The molecule has 166 valence electrons. The Labute approximate surface area is 179 Å². The van der Waals surface area contributed by atoms with Gasteiger partial charge in [-0.05, 0) is 51.3 Å². The minimum atomic E-state index is -1.02. The molecule has 1 fully saturated rings. The second-order valence-corrected chi connectivity index (χ2v) is 7.60. The van der Waals surface area contributed by atoms with Gasteiger partial charge in [0.1, 0.15) is 0 Å². The number of carbonyl (C=O) groups is 4. The number of aromatic nitrogens is 1. The van der Waals surface area contributed by atoms with Crippen molar-refractivity contribution in [2.45, 2.75) is 39.7 Å². The number of hydrogen-bond acceptors (Lipinski definition) is 7. The van der Waals surface area contributed by atoms with Crippen molar-refractivity contribution in [2.24, 2.45) is 5.92 Å². The fraction of sp³-hybridized carbons (Fsp3) is 0.455. The van der Waals surface area contributed by atoms with Crippen molar-refractivity contribution in [3.05, 3.63) is 46.7 Å². The van der Waals surface area contributed by atoms with E-state index in [4.69, 9.17) is 13.9 Å². The van der Waals surface area contributed by atoms with Gasteiger partial charge in [-0.1, -0.05) is 0 Å². The third-order valence-corrected chi connectivity index (χ3v) is 5.58. The van der Waals surface area contributed by atoms with Crippen LogP contribution < -0.4 is 0 Å². The number of carbonyl (C=O) groups excluding carboxylic acids is 4. The maximum Gasteiger partial charge on any atom is 0.339 e. The molecule has 0 aliphatic carbocycles. The number of hydrogen-bond donors (Lipinski definition) is 1. The van der Waals surface area contributed by atoms with E-state index in [0.29, 0.717) is 42.8 Å². The molecule has 31 heavy (non-hydrogen) atoms. The number of rotatable bonds is 6. The molecule has 0 saturated carbocycles. The molecule has 1 atom stereocenters. The van der Waals surface area contributed by atoms with Gasteiger partial charge in [0.05, 0.1) is 30.5 Å². The number of amides is 1. The van der Waals surface area contributed by atoms with Crippen LogP contribution in [-0.2, 0) is 14.3 Å². The van der Waals surface area contributed by atoms with Crippen molar-refractivity contribution < 1.29 is 33.1 Å². The summed E-state index contributed by atoms with van der Waals surface area (Å²) in [5.74, 6) is -1.77. The molecule has 9 nitrogen and oxygen atoms in total. The first kappa shape index (κ1) is 22.3. The normalized spacial score (nSPS) is 15.4. The number of aromatic amines is 1. The number of ketones is 1. The van der Waals surface area contributed by atoms with Gasteiger partial charge in [0, 0.05) is 18.8 Å². The number of ether oxygens (including phenoxy) is 2. The Kier molecular flexibility index (Phi) is 6.62. The highest BCUT2D eigenvalue weighted by molar-refractivity contribution is 6.04. The van der Waals surface area contributed by atoms with Crippen LogP contribution in [0.3, 0.4) is 0 Å². The molecule has 1 unspecified atom stereocenters. The summed E-state index contributed by atoms with van der Waals surface area (Å²) in [7, 11) is 1.27. The fourth-order valence-corrected chi connectivity index (χ4v) is 3.81. The first-order valence-electron chi connectivity index (χ1n) is 10.1. The van der Waals surface area contributed by atoms with Gasteiger partial charge in [0.15, 0.2) is 11.9 Å². The van der Waals surface area contributed by atoms with Gasteiger partial charge in [-0.25, -0.2) is 4.79 Å². The zero-order valence-electron chi connectivity index (χ0n) is 18.0. The highest BCUT2D eigenvalue weighted by Crippen LogP contribution is 2.23. The molecule has 1 N–H and O–H groups in total. The minimum Gasteiger partial charge on any atom is -0.465 e. The van der Waals surface area contributed by atoms with Gasteiger partial charge in [-0.15, -0.1) is 0 Å². The molecule has 9 heteroatoms. The van der Waals surface area contributed by atoms with Crippen LogP contribution in [0, 0.1) is 19.8 Å². The van der Waals surface area contributed by atoms with E-state index in [1.165, 1.54) is 20.3 Å². The van der Waals surface area contributed by atoms with E-state index in [0.717, 1.165) is 0 Å². The second kappa shape index (κ2) is 9.20. The largest absolute Gasteiger partial charge is 0.465 e. The van der Waals surface area contributed by atoms with E-state index < -0.39 is 29.7 Å². The first-order valence-corrected chi connectivity index (χ1v) is 10.1. The molecule has 2 aromatic rings. The van der Waals surface area contributed by atoms with Crippen LogP contribution in [0.15, 0.2) is 22.8 Å². The zero-order chi connectivity index (χ0) is 22.7. The summed E-state index contributed by atoms with van der Waals surface area (Å²) in [5, 5.41) is 0. The number of likely N-dealkylation sites (tertiary alicyclic amines) is 1. The Morgan fingerprint density at radius 3 is 2.45 bits per heavy atom. The summed E-state index contributed by atoms with van der Waals surface area (Å²) in [6.45, 7) is 5.62. The molecular formula is C22H26N2O7. The third kappa shape index (κ3) is 4.55. The number of nitrogens with one attached hydrogen (secondary N) is 1. The maximum atomic E-state index is 12.8. The molecule has 3 heterocycles. The SMILES string of the molecule is COC(=O)c1c(C)[nH]c(C(=O)C(C)OC(=O)C2CCN(C(=O)c3ccco3)CC2)c1C. The Morgan fingerprint density at radius 2 is 1.87 bits per heavy atom. The van der Waals surface area contributed by atoms with E-state index in [9.17, 15) is 19.2 Å². The van der Waals surface area contributed by atoms with Gasteiger partial charge in [0.2, 0.25) is 5.78 Å². The van der Waals surface area contributed by atoms with Crippen LogP contribution >= 0.6 is 0 Å². The number of piperidine rings is 1. The van der Waals surface area contributed by atoms with Crippen LogP contribution in [0.1, 0.15) is 62.4 Å². The maximum absolute atomic E-state index is 12.8. The lowest BCUT2D eigenvalue weighted by atomic mass is 9.96. The number of methoxy groups -OCH3 is 1. The molecule has 1 amide bonds. The van der Waals surface area contributed by atoms with Crippen LogP contribution in [0.4, 0.5) is 0 Å². The number of furan rings is 1. The van der Waals surface area contributed by atoms with Crippen LogP contribution in [0.2, 0.25) is 0 Å². The predicted molar refractivity (Wildman–Crippen MR) is 109 cm³/mol.